The predicted molar refractivity (Wildman–Crippen MR) is 71.4 cm³/mol. The molecule has 1 saturated heterocycles. The first-order valence-electron chi connectivity index (χ1n) is 6.00. The van der Waals surface area contributed by atoms with E-state index >= 15 is 0 Å². The molecule has 0 amide bonds. The highest BCUT2D eigenvalue weighted by Crippen LogP contribution is 2.24. The third-order valence-electron chi connectivity index (χ3n) is 3.31. The van der Waals surface area contributed by atoms with Gasteiger partial charge in [0.05, 0.1) is 0 Å². The van der Waals surface area contributed by atoms with E-state index in [0.29, 0.717) is 12.5 Å². The summed E-state index contributed by atoms with van der Waals surface area (Å²) in [5.74, 6) is 0.585. The van der Waals surface area contributed by atoms with Crippen LogP contribution in [0.25, 0.3) is 0 Å². The van der Waals surface area contributed by atoms with Crippen LogP contribution in [-0.2, 0) is 6.54 Å². The van der Waals surface area contributed by atoms with Gasteiger partial charge in [0.2, 0.25) is 0 Å². The molecule has 2 rings (SSSR count). The summed E-state index contributed by atoms with van der Waals surface area (Å²) in [6.07, 6.45) is 1.20. The summed E-state index contributed by atoms with van der Waals surface area (Å²) in [4.78, 5) is 2.32. The first kappa shape index (κ1) is 13.0. The van der Waals surface area contributed by atoms with E-state index < -0.39 is 0 Å². The van der Waals surface area contributed by atoms with Crippen molar-refractivity contribution in [1.82, 2.24) is 10.2 Å². The Kier molecular flexibility index (Phi) is 4.54. The highest BCUT2D eigenvalue weighted by Gasteiger charge is 2.23. The maximum Gasteiger partial charge on any atom is 0.128 e. The third-order valence-corrected chi connectivity index (χ3v) is 4.05. The Morgan fingerprint density at radius 3 is 3.06 bits per heavy atom. The topological polar surface area (TPSA) is 15.3 Å². The number of halogens is 2. The van der Waals surface area contributed by atoms with Gasteiger partial charge >= 0.3 is 0 Å². The lowest BCUT2D eigenvalue weighted by atomic mass is 10.1. The van der Waals surface area contributed by atoms with E-state index in [1.54, 1.807) is 6.07 Å². The highest BCUT2D eigenvalue weighted by molar-refractivity contribution is 9.10. The molecule has 17 heavy (non-hydrogen) atoms. The van der Waals surface area contributed by atoms with Gasteiger partial charge in [-0.25, -0.2) is 4.39 Å². The minimum atomic E-state index is -0.114. The van der Waals surface area contributed by atoms with Crippen molar-refractivity contribution in [3.63, 3.8) is 0 Å². The van der Waals surface area contributed by atoms with Gasteiger partial charge in [-0.3, -0.25) is 4.90 Å². The molecule has 1 aromatic rings. The monoisotopic (exact) mass is 300 g/mol. The predicted octanol–water partition coefficient (Wildman–Crippen LogP) is 2.63. The second-order valence-corrected chi connectivity index (χ2v) is 5.50. The molecule has 0 aromatic heterocycles. The van der Waals surface area contributed by atoms with Crippen LogP contribution in [0.2, 0.25) is 0 Å². The Hall–Kier alpha value is -0.450. The van der Waals surface area contributed by atoms with Crippen LogP contribution < -0.4 is 5.32 Å². The van der Waals surface area contributed by atoms with Crippen LogP contribution in [0.15, 0.2) is 22.7 Å². The Labute approximate surface area is 110 Å². The lowest BCUT2D eigenvalue weighted by Gasteiger charge is -2.17. The van der Waals surface area contributed by atoms with E-state index in [4.69, 9.17) is 0 Å². The number of rotatable bonds is 4. The molecular weight excluding hydrogens is 283 g/mol. The number of hydrogen-bond donors (Lipinski definition) is 1. The summed E-state index contributed by atoms with van der Waals surface area (Å²) in [5.41, 5.74) is 0.776. The van der Waals surface area contributed by atoms with Crippen molar-refractivity contribution < 1.29 is 4.39 Å². The average Bonchev–Trinajstić information content (AvgIpc) is 2.72. The van der Waals surface area contributed by atoms with Crippen molar-refractivity contribution >= 4 is 15.9 Å². The quantitative estimate of drug-likeness (QED) is 0.920. The van der Waals surface area contributed by atoms with E-state index in [2.05, 4.69) is 26.1 Å². The number of likely N-dealkylation sites (tertiary alicyclic amines) is 1. The molecule has 1 aromatic carbocycles. The van der Waals surface area contributed by atoms with E-state index in [-0.39, 0.29) is 5.82 Å². The summed E-state index contributed by atoms with van der Waals surface area (Å²) in [5, 5.41) is 3.21. The second kappa shape index (κ2) is 5.94. The van der Waals surface area contributed by atoms with E-state index in [0.717, 1.165) is 29.7 Å². The Morgan fingerprint density at radius 2 is 2.35 bits per heavy atom. The van der Waals surface area contributed by atoms with Crippen molar-refractivity contribution in [3.8, 4) is 0 Å². The fraction of sp³-hybridized carbons (Fsp3) is 0.538. The number of benzene rings is 1. The van der Waals surface area contributed by atoms with Gasteiger partial charge in [-0.05, 0) is 44.6 Å². The maximum absolute atomic E-state index is 13.7. The van der Waals surface area contributed by atoms with E-state index in [9.17, 15) is 4.39 Å². The molecule has 1 aliphatic heterocycles. The standard InChI is InChI=1S/C13H18BrFN2/c1-16-7-10-5-6-17(8-10)9-11-12(14)3-2-4-13(11)15/h2-4,10,16H,5-9H2,1H3. The Balaban J connectivity index is 1.98. The molecule has 94 valence electrons. The summed E-state index contributed by atoms with van der Waals surface area (Å²) in [7, 11) is 1.98. The average molecular weight is 301 g/mol. The summed E-state index contributed by atoms with van der Waals surface area (Å²) >= 11 is 3.42. The van der Waals surface area contributed by atoms with Crippen molar-refractivity contribution in [2.24, 2.45) is 5.92 Å². The summed E-state index contributed by atoms with van der Waals surface area (Å²) < 4.78 is 14.6. The molecule has 0 radical (unpaired) electrons. The molecule has 1 heterocycles. The Morgan fingerprint density at radius 1 is 1.53 bits per heavy atom. The van der Waals surface area contributed by atoms with Gasteiger partial charge in [-0.15, -0.1) is 0 Å². The van der Waals surface area contributed by atoms with Crippen LogP contribution in [-0.4, -0.2) is 31.6 Å². The Bertz CT molecular complexity index is 363. The molecule has 2 nitrogen and oxygen atoms in total. The van der Waals surface area contributed by atoms with Gasteiger partial charge < -0.3 is 5.32 Å². The van der Waals surface area contributed by atoms with Crippen molar-refractivity contribution in [2.45, 2.75) is 13.0 Å². The lowest BCUT2D eigenvalue weighted by Crippen LogP contribution is -2.24. The normalized spacial score (nSPS) is 21.0. The van der Waals surface area contributed by atoms with E-state index in [1.165, 1.54) is 12.5 Å². The van der Waals surface area contributed by atoms with Crippen LogP contribution in [0.1, 0.15) is 12.0 Å². The molecule has 1 aliphatic rings. The maximum atomic E-state index is 13.7. The largest absolute Gasteiger partial charge is 0.319 e. The van der Waals surface area contributed by atoms with Gasteiger partial charge in [0.25, 0.3) is 0 Å². The summed E-state index contributed by atoms with van der Waals surface area (Å²) in [6.45, 7) is 3.87. The van der Waals surface area contributed by atoms with Gasteiger partial charge in [-0.2, -0.15) is 0 Å². The lowest BCUT2D eigenvalue weighted by molar-refractivity contribution is 0.309. The third kappa shape index (κ3) is 3.27. The van der Waals surface area contributed by atoms with E-state index in [1.807, 2.05) is 13.1 Å². The van der Waals surface area contributed by atoms with Crippen molar-refractivity contribution in [3.05, 3.63) is 34.1 Å². The van der Waals surface area contributed by atoms with Crippen molar-refractivity contribution in [1.29, 1.82) is 0 Å². The van der Waals surface area contributed by atoms with Crippen LogP contribution in [0.4, 0.5) is 4.39 Å². The first-order chi connectivity index (χ1) is 8.20. The molecule has 1 unspecified atom stereocenters. The fourth-order valence-corrected chi connectivity index (χ4v) is 2.89. The number of hydrogen-bond acceptors (Lipinski definition) is 2. The minimum absolute atomic E-state index is 0.114. The van der Waals surface area contributed by atoms with Gasteiger partial charge in [0.1, 0.15) is 5.82 Å². The highest BCUT2D eigenvalue weighted by atomic mass is 79.9. The zero-order valence-corrected chi connectivity index (χ0v) is 11.6. The van der Waals surface area contributed by atoms with Gasteiger partial charge in [0, 0.05) is 23.1 Å². The van der Waals surface area contributed by atoms with Crippen LogP contribution >= 0.6 is 15.9 Å². The van der Waals surface area contributed by atoms with Crippen LogP contribution in [0.3, 0.4) is 0 Å². The molecule has 1 atom stereocenters. The van der Waals surface area contributed by atoms with Crippen molar-refractivity contribution in [2.75, 3.05) is 26.7 Å². The number of nitrogens with one attached hydrogen (secondary N) is 1. The van der Waals surface area contributed by atoms with Gasteiger partial charge in [-0.1, -0.05) is 22.0 Å². The zero-order chi connectivity index (χ0) is 12.3. The van der Waals surface area contributed by atoms with Crippen LogP contribution in [0, 0.1) is 11.7 Å². The smallest absolute Gasteiger partial charge is 0.128 e. The molecule has 1 N–H and O–H groups in total. The molecule has 0 bridgehead atoms. The molecule has 0 saturated carbocycles. The SMILES string of the molecule is CNCC1CCN(Cc2c(F)cccc2Br)C1. The molecule has 1 fully saturated rings. The van der Waals surface area contributed by atoms with Crippen LogP contribution in [0.5, 0.6) is 0 Å². The second-order valence-electron chi connectivity index (χ2n) is 4.65. The molecular formula is C13H18BrFN2. The molecule has 4 heteroatoms. The fourth-order valence-electron chi connectivity index (χ4n) is 2.42. The van der Waals surface area contributed by atoms with Gasteiger partial charge in [0.15, 0.2) is 0 Å². The number of nitrogens with zero attached hydrogens (tertiary/aromatic N) is 1. The molecule has 0 spiro atoms. The summed E-state index contributed by atoms with van der Waals surface area (Å²) in [6, 6.07) is 5.16. The first-order valence-corrected chi connectivity index (χ1v) is 6.80. The molecule has 0 aliphatic carbocycles. The zero-order valence-electron chi connectivity index (χ0n) is 10.0. The minimum Gasteiger partial charge on any atom is -0.319 e.